The maximum atomic E-state index is 9.57. The SMILES string of the molecule is [2H]c1c([2H])c([2H])c(-c2c([2H])c([2H])c(-c3c([2H])c([2H])c(N(c4cccc(-c5ccc6ccccc6c5)c4)c4c([2H])c([2H])c(-c5cccc(-c6ccccc6)c5)c([2H])c4[2H])c([2H])c3[2H])c([2H])c2[2H])c([2H])c1[2H]. The van der Waals surface area contributed by atoms with Gasteiger partial charge in [0, 0.05) is 17.1 Å². The Labute approximate surface area is 335 Å². The Balaban J connectivity index is 1.29. The second kappa shape index (κ2) is 14.3. The number of rotatable bonds is 8. The van der Waals surface area contributed by atoms with E-state index in [1.165, 1.54) is 0 Å². The molecule has 0 fully saturated rings. The van der Waals surface area contributed by atoms with Crippen LogP contribution >= 0.6 is 0 Å². The molecule has 0 unspecified atom stereocenters. The van der Waals surface area contributed by atoms with Gasteiger partial charge in [0.1, 0.15) is 0 Å². The summed E-state index contributed by atoms with van der Waals surface area (Å²) in [6, 6.07) is 24.0. The Kier molecular flexibility index (Phi) is 5.01. The second-order valence-electron chi connectivity index (χ2n) is 12.1. The van der Waals surface area contributed by atoms with E-state index in [9.17, 15) is 11.0 Å². The maximum absolute atomic E-state index is 9.57. The molecule has 0 aliphatic carbocycles. The maximum Gasteiger partial charge on any atom is 0.0645 e. The smallest absolute Gasteiger partial charge is 0.0645 e. The van der Waals surface area contributed by atoms with E-state index in [1.807, 2.05) is 78.9 Å². The molecule has 0 atom stereocenters. The zero-order valence-electron chi connectivity index (χ0n) is 45.0. The number of nitrogens with zero attached hydrogens (tertiary/aromatic N) is 1. The molecular formula is C52H37N. The van der Waals surface area contributed by atoms with Crippen LogP contribution in [0.4, 0.5) is 17.1 Å². The fourth-order valence-electron chi connectivity index (χ4n) is 6.09. The zero-order chi connectivity index (χ0) is 50.2. The second-order valence-corrected chi connectivity index (χ2v) is 12.1. The van der Waals surface area contributed by atoms with Crippen molar-refractivity contribution in [3.05, 3.63) is 224 Å². The fourth-order valence-corrected chi connectivity index (χ4v) is 6.09. The lowest BCUT2D eigenvalue weighted by Crippen LogP contribution is -2.10. The van der Waals surface area contributed by atoms with Crippen molar-refractivity contribution in [3.8, 4) is 55.6 Å². The third-order valence-electron chi connectivity index (χ3n) is 8.74. The number of hydrogen-bond donors (Lipinski definition) is 0. The summed E-state index contributed by atoms with van der Waals surface area (Å²) < 4.78 is 153. The molecule has 0 aliphatic rings. The lowest BCUT2D eigenvalue weighted by atomic mass is 9.98. The van der Waals surface area contributed by atoms with E-state index in [0.717, 1.165) is 32.4 Å². The van der Waals surface area contributed by atoms with Crippen LogP contribution in [-0.4, -0.2) is 0 Å². The van der Waals surface area contributed by atoms with Gasteiger partial charge in [-0.05, 0) is 115 Å². The molecule has 1 heteroatoms. The number of anilines is 3. The molecule has 0 radical (unpaired) electrons. The summed E-state index contributed by atoms with van der Waals surface area (Å²) >= 11 is 0. The van der Waals surface area contributed by atoms with Crippen LogP contribution in [0.3, 0.4) is 0 Å². The minimum atomic E-state index is -0.872. The molecule has 0 N–H and O–H groups in total. The van der Waals surface area contributed by atoms with Gasteiger partial charge in [0.2, 0.25) is 0 Å². The van der Waals surface area contributed by atoms with Gasteiger partial charge in [-0.25, -0.2) is 0 Å². The molecule has 9 rings (SSSR count). The molecule has 0 aliphatic heterocycles. The van der Waals surface area contributed by atoms with Gasteiger partial charge in [-0.15, -0.1) is 0 Å². The summed E-state index contributed by atoms with van der Waals surface area (Å²) in [5.41, 5.74) is 0.0327. The molecule has 0 amide bonds. The first-order valence-corrected chi connectivity index (χ1v) is 16.8. The summed E-state index contributed by atoms with van der Waals surface area (Å²) in [4.78, 5) is 1.14. The van der Waals surface area contributed by atoms with Crippen LogP contribution in [-0.2, 0) is 0 Å². The molecule has 53 heavy (non-hydrogen) atoms. The minimum absolute atomic E-state index is 0.0216. The van der Waals surface area contributed by atoms with Crippen molar-refractivity contribution in [2.75, 3.05) is 4.90 Å². The minimum Gasteiger partial charge on any atom is -0.310 e. The van der Waals surface area contributed by atoms with Gasteiger partial charge >= 0.3 is 0 Å². The summed E-state index contributed by atoms with van der Waals surface area (Å²) in [5, 5.41) is 1.91. The van der Waals surface area contributed by atoms with E-state index in [2.05, 4.69) is 0 Å². The van der Waals surface area contributed by atoms with Crippen molar-refractivity contribution >= 4 is 27.8 Å². The zero-order valence-corrected chi connectivity index (χ0v) is 28.0. The summed E-state index contributed by atoms with van der Waals surface area (Å²) in [6.45, 7) is 0. The molecule has 1 nitrogen and oxygen atoms in total. The molecule has 0 bridgehead atoms. The van der Waals surface area contributed by atoms with Gasteiger partial charge in [-0.2, -0.15) is 0 Å². The van der Waals surface area contributed by atoms with Gasteiger partial charge in [0.05, 0.1) is 23.3 Å². The number of hydrogen-bond acceptors (Lipinski definition) is 1. The van der Waals surface area contributed by atoms with Crippen LogP contribution in [0.1, 0.15) is 23.3 Å². The van der Waals surface area contributed by atoms with Crippen LogP contribution in [0.2, 0.25) is 0 Å². The average molecular weight is 693 g/mol. The molecule has 9 aromatic carbocycles. The molecule has 0 heterocycles. The van der Waals surface area contributed by atoms with E-state index in [-0.39, 0.29) is 11.3 Å². The highest BCUT2D eigenvalue weighted by Crippen LogP contribution is 2.39. The van der Waals surface area contributed by atoms with Crippen molar-refractivity contribution in [2.45, 2.75) is 0 Å². The summed E-state index contributed by atoms with van der Waals surface area (Å²) in [5.74, 6) is 0. The Morgan fingerprint density at radius 1 is 0.264 bits per heavy atom. The van der Waals surface area contributed by atoms with Crippen molar-refractivity contribution in [1.82, 2.24) is 0 Å². The lowest BCUT2D eigenvalue weighted by Gasteiger charge is -2.26. The predicted molar refractivity (Wildman–Crippen MR) is 226 cm³/mol. The van der Waals surface area contributed by atoms with E-state index >= 15 is 0 Å². The van der Waals surface area contributed by atoms with Crippen molar-refractivity contribution in [2.24, 2.45) is 0 Å². The van der Waals surface area contributed by atoms with Crippen molar-refractivity contribution < 1.29 is 23.3 Å². The third kappa shape index (κ3) is 6.77. The molecule has 0 saturated carbocycles. The number of benzene rings is 9. The normalized spacial score (nSPS) is 15.5. The average Bonchev–Trinajstić information content (AvgIpc) is 3.37. The molecule has 0 saturated heterocycles. The van der Waals surface area contributed by atoms with Crippen LogP contribution in [0, 0.1) is 0 Å². The standard InChI is InChI=1S/C52H37N/c1-3-11-38(12-4-1)41-21-23-42(24-22-41)43-27-31-50(32-28-43)53(52-20-10-19-48(37-52)49-26-25-40-15-7-8-16-45(40)36-49)51-33-29-44(30-34-51)47-18-9-17-46(35-47)39-13-5-2-6-14-39/h1-37H/i1D,3D,4D,11D,12D,21D,22D,23D,24D,27D,28D,29D,30D,31D,32D,33D,34D. The Morgan fingerprint density at radius 2 is 0.717 bits per heavy atom. The quantitative estimate of drug-likeness (QED) is 0.153. The van der Waals surface area contributed by atoms with Crippen molar-refractivity contribution in [3.63, 3.8) is 0 Å². The van der Waals surface area contributed by atoms with Gasteiger partial charge in [-0.3, -0.25) is 0 Å². The van der Waals surface area contributed by atoms with Gasteiger partial charge in [-0.1, -0.05) is 176 Å². The Morgan fingerprint density at radius 3 is 1.36 bits per heavy atom. The molecule has 250 valence electrons. The van der Waals surface area contributed by atoms with Gasteiger partial charge < -0.3 is 4.90 Å². The first-order chi connectivity index (χ1) is 33.3. The highest BCUT2D eigenvalue weighted by Gasteiger charge is 2.15. The monoisotopic (exact) mass is 692 g/mol. The van der Waals surface area contributed by atoms with Gasteiger partial charge in [0.25, 0.3) is 0 Å². The van der Waals surface area contributed by atoms with E-state index < -0.39 is 136 Å². The van der Waals surface area contributed by atoms with Crippen LogP contribution < -0.4 is 4.90 Å². The summed E-state index contributed by atoms with van der Waals surface area (Å²) in [7, 11) is 0. The first kappa shape index (κ1) is 18.5. The Bertz CT molecular complexity index is 3530. The molecular weight excluding hydrogens is 639 g/mol. The van der Waals surface area contributed by atoms with Crippen LogP contribution in [0.25, 0.3) is 66.4 Å². The lowest BCUT2D eigenvalue weighted by molar-refractivity contribution is 1.28. The Hall–Kier alpha value is -6.96. The highest BCUT2D eigenvalue weighted by molar-refractivity contribution is 5.89. The number of fused-ring (bicyclic) bond motifs is 1. The largest absolute Gasteiger partial charge is 0.310 e. The van der Waals surface area contributed by atoms with Crippen LogP contribution in [0.5, 0.6) is 0 Å². The van der Waals surface area contributed by atoms with Crippen LogP contribution in [0.15, 0.2) is 224 Å². The van der Waals surface area contributed by atoms with E-state index in [4.69, 9.17) is 12.3 Å². The van der Waals surface area contributed by atoms with E-state index in [0.29, 0.717) is 11.1 Å². The first-order valence-electron chi connectivity index (χ1n) is 25.3. The molecule has 9 aromatic rings. The predicted octanol–water partition coefficient (Wildman–Crippen LogP) is 14.6. The summed E-state index contributed by atoms with van der Waals surface area (Å²) in [6.07, 6.45) is 0. The topological polar surface area (TPSA) is 3.24 Å². The van der Waals surface area contributed by atoms with Gasteiger partial charge in [0.15, 0.2) is 0 Å². The van der Waals surface area contributed by atoms with Crippen molar-refractivity contribution in [1.29, 1.82) is 0 Å². The fraction of sp³-hybridized carbons (Fsp3) is 0. The molecule has 0 aromatic heterocycles. The molecule has 0 spiro atoms. The highest BCUT2D eigenvalue weighted by atomic mass is 15.1. The van der Waals surface area contributed by atoms with E-state index in [1.54, 1.807) is 42.5 Å². The third-order valence-corrected chi connectivity index (χ3v) is 8.74.